The second-order valence-corrected chi connectivity index (χ2v) is 17.3. The lowest BCUT2D eigenvalue weighted by Crippen LogP contribution is -2.18. The summed E-state index contributed by atoms with van der Waals surface area (Å²) >= 11 is 0. The van der Waals surface area contributed by atoms with Gasteiger partial charge in [-0.3, -0.25) is 0 Å². The van der Waals surface area contributed by atoms with Gasteiger partial charge in [0.1, 0.15) is 0 Å². The first-order valence-electron chi connectivity index (χ1n) is 20.4. The Morgan fingerprint density at radius 3 is 1.67 bits per heavy atom. The van der Waals surface area contributed by atoms with Gasteiger partial charge in [0.15, 0.2) is 0 Å². The van der Waals surface area contributed by atoms with Crippen molar-refractivity contribution >= 4 is 38.6 Å². The molecule has 0 N–H and O–H groups in total. The molecule has 11 rings (SSSR count). The highest BCUT2D eigenvalue weighted by Gasteiger charge is 2.38. The van der Waals surface area contributed by atoms with Gasteiger partial charge in [-0.2, -0.15) is 0 Å². The average Bonchev–Trinajstić information content (AvgIpc) is 3.62. The van der Waals surface area contributed by atoms with Crippen molar-refractivity contribution in [3.63, 3.8) is 0 Å². The fourth-order valence-corrected chi connectivity index (χ4v) is 10.2. The van der Waals surface area contributed by atoms with E-state index in [1.807, 2.05) is 0 Å². The predicted octanol–water partition coefficient (Wildman–Crippen LogP) is 15.3. The van der Waals surface area contributed by atoms with Crippen molar-refractivity contribution in [2.75, 3.05) is 4.90 Å². The van der Waals surface area contributed by atoms with E-state index in [0.29, 0.717) is 5.92 Å². The van der Waals surface area contributed by atoms with Crippen LogP contribution in [-0.2, 0) is 10.8 Å². The standard InChI is InChI=1S/C56H45N/c1-55(2)51-31-40(36-13-7-5-8-14-36)22-27-46(51)48-29-25-43(34-53(48)55)57(42-24-21-39-20-19-38-17-11-12-18-45(38)50(39)33-42)44-26-30-49-47-28-23-41(37-15-9-6-10-16-37)32-52(47)56(3,4)54(49)35-44/h5-15,17-35,37H,16H2,1-4H3. The molecule has 0 fully saturated rings. The number of allylic oxidation sites excluding steroid dienone is 4. The van der Waals surface area contributed by atoms with Crippen LogP contribution in [0.1, 0.15) is 67.9 Å². The van der Waals surface area contributed by atoms with Gasteiger partial charge in [0.25, 0.3) is 0 Å². The van der Waals surface area contributed by atoms with Crippen LogP contribution < -0.4 is 4.90 Å². The minimum absolute atomic E-state index is 0.145. The molecule has 0 saturated carbocycles. The van der Waals surface area contributed by atoms with Crippen LogP contribution in [0.5, 0.6) is 0 Å². The zero-order valence-corrected chi connectivity index (χ0v) is 33.1. The largest absolute Gasteiger partial charge is 0.310 e. The van der Waals surface area contributed by atoms with E-state index in [4.69, 9.17) is 0 Å². The monoisotopic (exact) mass is 731 g/mol. The maximum Gasteiger partial charge on any atom is 0.0468 e. The Bertz CT molecular complexity index is 2990. The molecule has 0 bridgehead atoms. The van der Waals surface area contributed by atoms with Crippen LogP contribution in [0.4, 0.5) is 17.1 Å². The van der Waals surface area contributed by atoms with Gasteiger partial charge in [-0.25, -0.2) is 0 Å². The maximum atomic E-state index is 2.50. The van der Waals surface area contributed by atoms with Gasteiger partial charge < -0.3 is 4.90 Å². The molecule has 0 spiro atoms. The summed E-state index contributed by atoms with van der Waals surface area (Å²) in [5.41, 5.74) is 18.0. The summed E-state index contributed by atoms with van der Waals surface area (Å²) in [5.74, 6) is 0.426. The van der Waals surface area contributed by atoms with Crippen molar-refractivity contribution in [1.29, 1.82) is 0 Å². The summed E-state index contributed by atoms with van der Waals surface area (Å²) in [7, 11) is 0. The lowest BCUT2D eigenvalue weighted by atomic mass is 9.80. The third-order valence-corrected chi connectivity index (χ3v) is 13.4. The number of fused-ring (bicyclic) bond motifs is 9. The predicted molar refractivity (Wildman–Crippen MR) is 242 cm³/mol. The molecule has 0 radical (unpaired) electrons. The summed E-state index contributed by atoms with van der Waals surface area (Å²) in [5, 5.41) is 5.06. The number of hydrogen-bond donors (Lipinski definition) is 0. The normalized spacial score (nSPS) is 16.7. The van der Waals surface area contributed by atoms with E-state index in [0.717, 1.165) is 12.1 Å². The molecule has 3 aliphatic carbocycles. The average molecular weight is 732 g/mol. The van der Waals surface area contributed by atoms with E-state index in [-0.39, 0.29) is 10.8 Å². The van der Waals surface area contributed by atoms with Crippen LogP contribution in [-0.4, -0.2) is 0 Å². The van der Waals surface area contributed by atoms with Gasteiger partial charge in [0, 0.05) is 33.8 Å². The first-order valence-corrected chi connectivity index (χ1v) is 20.4. The Balaban J connectivity index is 1.07. The summed E-state index contributed by atoms with van der Waals surface area (Å²) < 4.78 is 0. The third kappa shape index (κ3) is 5.22. The Labute approximate surface area is 336 Å². The molecule has 0 amide bonds. The number of benzene rings is 8. The molecule has 8 aromatic rings. The van der Waals surface area contributed by atoms with Gasteiger partial charge in [-0.1, -0.05) is 167 Å². The molecule has 1 atom stereocenters. The van der Waals surface area contributed by atoms with Gasteiger partial charge in [-0.15, -0.1) is 0 Å². The molecule has 0 saturated heterocycles. The summed E-state index contributed by atoms with van der Waals surface area (Å²) in [6, 6.07) is 59.7. The van der Waals surface area contributed by atoms with E-state index in [2.05, 4.69) is 215 Å². The highest BCUT2D eigenvalue weighted by molar-refractivity contribution is 6.09. The van der Waals surface area contributed by atoms with Crippen LogP contribution in [0.15, 0.2) is 182 Å². The molecule has 0 heterocycles. The molecule has 57 heavy (non-hydrogen) atoms. The Morgan fingerprint density at radius 1 is 0.439 bits per heavy atom. The number of nitrogens with zero attached hydrogens (tertiary/aromatic N) is 1. The number of rotatable bonds is 5. The van der Waals surface area contributed by atoms with Crippen molar-refractivity contribution in [3.05, 3.63) is 210 Å². The lowest BCUT2D eigenvalue weighted by Gasteiger charge is -2.30. The molecular formula is C56H45N. The highest BCUT2D eigenvalue weighted by atomic mass is 15.1. The molecule has 3 aliphatic rings. The fraction of sp³-hybridized carbons (Fsp3) is 0.143. The van der Waals surface area contributed by atoms with Gasteiger partial charge in [0.2, 0.25) is 0 Å². The summed E-state index contributed by atoms with van der Waals surface area (Å²) in [4.78, 5) is 2.50. The van der Waals surface area contributed by atoms with E-state index in [1.54, 1.807) is 0 Å². The van der Waals surface area contributed by atoms with Crippen molar-refractivity contribution < 1.29 is 0 Å². The van der Waals surface area contributed by atoms with Crippen LogP contribution in [0, 0.1) is 0 Å². The van der Waals surface area contributed by atoms with Crippen molar-refractivity contribution in [2.45, 2.75) is 50.9 Å². The van der Waals surface area contributed by atoms with Crippen LogP contribution in [0.2, 0.25) is 0 Å². The second-order valence-electron chi connectivity index (χ2n) is 17.3. The molecule has 0 aliphatic heterocycles. The van der Waals surface area contributed by atoms with Gasteiger partial charge in [-0.05, 0) is 132 Å². The summed E-state index contributed by atoms with van der Waals surface area (Å²) in [6.07, 6.45) is 10.0. The Kier molecular flexibility index (Phi) is 7.45. The molecule has 274 valence electrons. The van der Waals surface area contributed by atoms with Crippen LogP contribution in [0.25, 0.3) is 54.9 Å². The zero-order valence-electron chi connectivity index (χ0n) is 33.1. The van der Waals surface area contributed by atoms with Crippen molar-refractivity contribution in [1.82, 2.24) is 0 Å². The molecular weight excluding hydrogens is 687 g/mol. The Morgan fingerprint density at radius 2 is 0.982 bits per heavy atom. The molecule has 0 aromatic heterocycles. The van der Waals surface area contributed by atoms with E-state index in [1.165, 1.54) is 94.1 Å². The van der Waals surface area contributed by atoms with E-state index < -0.39 is 0 Å². The quantitative estimate of drug-likeness (QED) is 0.159. The fourth-order valence-electron chi connectivity index (χ4n) is 10.2. The molecule has 1 unspecified atom stereocenters. The van der Waals surface area contributed by atoms with E-state index in [9.17, 15) is 0 Å². The molecule has 8 aromatic carbocycles. The van der Waals surface area contributed by atoms with Crippen LogP contribution >= 0.6 is 0 Å². The minimum atomic E-state index is -0.167. The van der Waals surface area contributed by atoms with E-state index >= 15 is 0 Å². The van der Waals surface area contributed by atoms with Gasteiger partial charge in [0.05, 0.1) is 0 Å². The summed E-state index contributed by atoms with van der Waals surface area (Å²) in [6.45, 7) is 9.61. The third-order valence-electron chi connectivity index (χ3n) is 13.4. The SMILES string of the molecule is CC1(C)c2cc(-c3ccccc3)ccc2-c2ccc(N(c3ccc4c(c3)C(C)(C)c3cc(C5C=CC=CC5)ccc3-4)c3ccc4ccc5ccccc5c4c3)cc21. The van der Waals surface area contributed by atoms with Crippen LogP contribution in [0.3, 0.4) is 0 Å². The number of anilines is 3. The first kappa shape index (κ1) is 33.9. The number of hydrogen-bond acceptors (Lipinski definition) is 1. The Hall–Kier alpha value is -6.44. The van der Waals surface area contributed by atoms with Gasteiger partial charge >= 0.3 is 0 Å². The smallest absolute Gasteiger partial charge is 0.0468 e. The van der Waals surface area contributed by atoms with Crippen molar-refractivity contribution in [3.8, 4) is 33.4 Å². The zero-order chi connectivity index (χ0) is 38.5. The van der Waals surface area contributed by atoms with Crippen molar-refractivity contribution in [2.24, 2.45) is 0 Å². The maximum absolute atomic E-state index is 2.50. The molecule has 1 nitrogen and oxygen atoms in total. The minimum Gasteiger partial charge on any atom is -0.310 e. The first-order chi connectivity index (χ1) is 27.8. The lowest BCUT2D eigenvalue weighted by molar-refractivity contribution is 0.658. The molecule has 1 heteroatoms. The highest BCUT2D eigenvalue weighted by Crippen LogP contribution is 2.54. The second kappa shape index (κ2) is 12.5. The topological polar surface area (TPSA) is 3.24 Å².